The van der Waals surface area contributed by atoms with Crippen LogP contribution in [0.15, 0.2) is 12.1 Å². The summed E-state index contributed by atoms with van der Waals surface area (Å²) >= 11 is 0. The molecule has 0 saturated heterocycles. The average molecular weight is 180 g/mol. The molecule has 0 bridgehead atoms. The van der Waals surface area contributed by atoms with Gasteiger partial charge in [0.25, 0.3) is 0 Å². The number of aryl methyl sites for hydroxylation is 2. The van der Waals surface area contributed by atoms with E-state index in [2.05, 4.69) is 0 Å². The van der Waals surface area contributed by atoms with Crippen molar-refractivity contribution >= 4 is 0 Å². The summed E-state index contributed by atoms with van der Waals surface area (Å²) in [5, 5.41) is 0. The first-order chi connectivity index (χ1) is 5.82. The lowest BCUT2D eigenvalue weighted by atomic mass is 9.83. The summed E-state index contributed by atoms with van der Waals surface area (Å²) in [6.45, 7) is 9.99. The SMILES string of the molecule is Cc1cc(C)c(C(C)(C)C)c(F)c1. The summed E-state index contributed by atoms with van der Waals surface area (Å²) in [5.74, 6) is -0.0787. The zero-order chi connectivity index (χ0) is 10.2. The number of rotatable bonds is 0. The monoisotopic (exact) mass is 180 g/mol. The lowest BCUT2D eigenvalue weighted by molar-refractivity contribution is 0.518. The van der Waals surface area contributed by atoms with Gasteiger partial charge in [-0.1, -0.05) is 26.8 Å². The van der Waals surface area contributed by atoms with Gasteiger partial charge in [0.15, 0.2) is 0 Å². The number of halogens is 1. The molecule has 0 nitrogen and oxygen atoms in total. The van der Waals surface area contributed by atoms with Crippen LogP contribution in [0.4, 0.5) is 4.39 Å². The van der Waals surface area contributed by atoms with Crippen LogP contribution in [0, 0.1) is 19.7 Å². The average Bonchev–Trinajstić information content (AvgIpc) is 1.78. The van der Waals surface area contributed by atoms with Crippen LogP contribution in [-0.2, 0) is 5.41 Å². The molecule has 72 valence electrons. The van der Waals surface area contributed by atoms with E-state index >= 15 is 0 Å². The first-order valence-corrected chi connectivity index (χ1v) is 4.59. The molecule has 0 N–H and O–H groups in total. The Balaban J connectivity index is 3.38. The minimum absolute atomic E-state index is 0.0787. The molecular formula is C12H17F. The van der Waals surface area contributed by atoms with E-state index in [9.17, 15) is 4.39 Å². The van der Waals surface area contributed by atoms with Crippen molar-refractivity contribution in [3.63, 3.8) is 0 Å². The van der Waals surface area contributed by atoms with Crippen LogP contribution in [0.2, 0.25) is 0 Å². The normalized spacial score (nSPS) is 11.8. The van der Waals surface area contributed by atoms with Gasteiger partial charge in [-0.05, 0) is 42.0 Å². The van der Waals surface area contributed by atoms with Crippen molar-refractivity contribution in [3.8, 4) is 0 Å². The van der Waals surface area contributed by atoms with Crippen LogP contribution in [0.25, 0.3) is 0 Å². The molecule has 0 radical (unpaired) electrons. The van der Waals surface area contributed by atoms with E-state index in [1.165, 1.54) is 0 Å². The Morgan fingerprint density at radius 2 is 1.62 bits per heavy atom. The summed E-state index contributed by atoms with van der Waals surface area (Å²) in [6.07, 6.45) is 0. The standard InChI is InChI=1S/C12H17F/c1-8-6-9(2)11(10(13)7-8)12(3,4)5/h6-7H,1-5H3. The van der Waals surface area contributed by atoms with Gasteiger partial charge in [0, 0.05) is 0 Å². The van der Waals surface area contributed by atoms with Gasteiger partial charge < -0.3 is 0 Å². The summed E-state index contributed by atoms with van der Waals surface area (Å²) in [4.78, 5) is 0. The maximum absolute atomic E-state index is 13.6. The zero-order valence-corrected chi connectivity index (χ0v) is 9.03. The summed E-state index contributed by atoms with van der Waals surface area (Å²) in [6, 6.07) is 3.64. The Bertz CT molecular complexity index is 295. The van der Waals surface area contributed by atoms with E-state index in [1.807, 2.05) is 40.7 Å². The van der Waals surface area contributed by atoms with Crippen LogP contribution in [0.5, 0.6) is 0 Å². The van der Waals surface area contributed by atoms with Gasteiger partial charge in [-0.2, -0.15) is 0 Å². The van der Waals surface area contributed by atoms with Crippen molar-refractivity contribution < 1.29 is 4.39 Å². The van der Waals surface area contributed by atoms with Gasteiger partial charge in [0.1, 0.15) is 5.82 Å². The van der Waals surface area contributed by atoms with Crippen LogP contribution < -0.4 is 0 Å². The molecule has 0 heterocycles. The fraction of sp³-hybridized carbons (Fsp3) is 0.500. The lowest BCUT2D eigenvalue weighted by Crippen LogP contribution is -2.15. The third-order valence-corrected chi connectivity index (χ3v) is 2.18. The molecule has 0 aliphatic carbocycles. The highest BCUT2D eigenvalue weighted by molar-refractivity contribution is 5.36. The van der Waals surface area contributed by atoms with Crippen LogP contribution in [0.1, 0.15) is 37.5 Å². The van der Waals surface area contributed by atoms with Crippen molar-refractivity contribution in [2.45, 2.75) is 40.0 Å². The summed E-state index contributed by atoms with van der Waals surface area (Å²) < 4.78 is 13.6. The van der Waals surface area contributed by atoms with Gasteiger partial charge in [-0.25, -0.2) is 4.39 Å². The predicted molar refractivity (Wildman–Crippen MR) is 54.6 cm³/mol. The molecule has 0 aliphatic rings. The molecule has 0 amide bonds. The first-order valence-electron chi connectivity index (χ1n) is 4.59. The molecular weight excluding hydrogens is 163 g/mol. The van der Waals surface area contributed by atoms with Gasteiger partial charge in [-0.15, -0.1) is 0 Å². The molecule has 13 heavy (non-hydrogen) atoms. The van der Waals surface area contributed by atoms with Gasteiger partial charge in [-0.3, -0.25) is 0 Å². The van der Waals surface area contributed by atoms with Crippen LogP contribution in [-0.4, -0.2) is 0 Å². The Kier molecular flexibility index (Phi) is 2.47. The van der Waals surface area contributed by atoms with Gasteiger partial charge in [0.05, 0.1) is 0 Å². The van der Waals surface area contributed by atoms with E-state index in [4.69, 9.17) is 0 Å². The van der Waals surface area contributed by atoms with Crippen LogP contribution in [0.3, 0.4) is 0 Å². The molecule has 1 aromatic rings. The number of hydrogen-bond donors (Lipinski definition) is 0. The second kappa shape index (κ2) is 3.13. The second-order valence-corrected chi connectivity index (χ2v) is 4.69. The highest BCUT2D eigenvalue weighted by Gasteiger charge is 2.20. The van der Waals surface area contributed by atoms with Gasteiger partial charge >= 0.3 is 0 Å². The maximum Gasteiger partial charge on any atom is 0.127 e. The smallest absolute Gasteiger partial charge is 0.127 e. The molecule has 0 saturated carbocycles. The van der Waals surface area contributed by atoms with Crippen molar-refractivity contribution in [3.05, 3.63) is 34.6 Å². The van der Waals surface area contributed by atoms with E-state index in [-0.39, 0.29) is 11.2 Å². The molecule has 0 fully saturated rings. The second-order valence-electron chi connectivity index (χ2n) is 4.69. The number of hydrogen-bond acceptors (Lipinski definition) is 0. The van der Waals surface area contributed by atoms with E-state index < -0.39 is 0 Å². The molecule has 1 rings (SSSR count). The molecule has 1 heteroatoms. The minimum atomic E-state index is -0.109. The molecule has 0 spiro atoms. The third kappa shape index (κ3) is 2.09. The van der Waals surface area contributed by atoms with Crippen molar-refractivity contribution in [2.75, 3.05) is 0 Å². The van der Waals surface area contributed by atoms with Crippen molar-refractivity contribution in [1.82, 2.24) is 0 Å². The first kappa shape index (κ1) is 10.2. The van der Waals surface area contributed by atoms with Crippen molar-refractivity contribution in [2.24, 2.45) is 0 Å². The van der Waals surface area contributed by atoms with Gasteiger partial charge in [0.2, 0.25) is 0 Å². The van der Waals surface area contributed by atoms with Crippen molar-refractivity contribution in [1.29, 1.82) is 0 Å². The fourth-order valence-electron chi connectivity index (χ4n) is 1.87. The molecule has 0 unspecified atom stereocenters. The Morgan fingerprint density at radius 1 is 1.08 bits per heavy atom. The van der Waals surface area contributed by atoms with E-state index in [0.717, 1.165) is 16.7 Å². The Labute approximate surface area is 79.8 Å². The Morgan fingerprint density at radius 3 is 2.00 bits per heavy atom. The molecule has 0 aromatic heterocycles. The maximum atomic E-state index is 13.6. The summed E-state index contributed by atoms with van der Waals surface area (Å²) in [7, 11) is 0. The lowest BCUT2D eigenvalue weighted by Gasteiger charge is -2.22. The highest BCUT2D eigenvalue weighted by Crippen LogP contribution is 2.28. The molecule has 0 aliphatic heterocycles. The topological polar surface area (TPSA) is 0 Å². The summed E-state index contributed by atoms with van der Waals surface area (Å²) in [5.41, 5.74) is 2.76. The van der Waals surface area contributed by atoms with E-state index in [0.29, 0.717) is 0 Å². The largest absolute Gasteiger partial charge is 0.207 e. The fourth-order valence-corrected chi connectivity index (χ4v) is 1.87. The van der Waals surface area contributed by atoms with E-state index in [1.54, 1.807) is 6.07 Å². The molecule has 1 aromatic carbocycles. The number of benzene rings is 1. The van der Waals surface area contributed by atoms with Crippen LogP contribution >= 0.6 is 0 Å². The zero-order valence-electron chi connectivity index (χ0n) is 9.03. The quantitative estimate of drug-likeness (QED) is 0.570. The third-order valence-electron chi connectivity index (χ3n) is 2.18. The predicted octanol–water partition coefficient (Wildman–Crippen LogP) is 3.74. The minimum Gasteiger partial charge on any atom is -0.207 e. The highest BCUT2D eigenvalue weighted by atomic mass is 19.1. The molecule has 0 atom stereocenters. The Hall–Kier alpha value is -0.850.